The third-order valence-electron chi connectivity index (χ3n) is 3.29. The Balaban J connectivity index is 2.20. The first-order valence-electron chi connectivity index (χ1n) is 6.55. The van der Waals surface area contributed by atoms with Crippen LogP contribution in [0, 0.1) is 0 Å². The number of hydrogen-bond donors (Lipinski definition) is 2. The SMILES string of the molecule is COc1ccc(O)c(C(=O)N(CCCN)C2CC2)c1. The standard InChI is InChI=1S/C14H20N2O3/c1-19-11-5-6-13(17)12(9-11)14(18)16(8-2-7-15)10-3-4-10/h5-6,9-10,17H,2-4,7-8,15H2,1H3. The summed E-state index contributed by atoms with van der Waals surface area (Å²) >= 11 is 0. The largest absolute Gasteiger partial charge is 0.507 e. The summed E-state index contributed by atoms with van der Waals surface area (Å²) in [5, 5.41) is 9.85. The van der Waals surface area contributed by atoms with Gasteiger partial charge >= 0.3 is 0 Å². The molecule has 2 rings (SSSR count). The molecule has 1 aliphatic carbocycles. The molecular weight excluding hydrogens is 244 g/mol. The van der Waals surface area contributed by atoms with Gasteiger partial charge in [0.05, 0.1) is 12.7 Å². The van der Waals surface area contributed by atoms with Crippen LogP contribution in [0.5, 0.6) is 11.5 Å². The quantitative estimate of drug-likeness (QED) is 0.813. The molecule has 5 heteroatoms. The van der Waals surface area contributed by atoms with Crippen molar-refractivity contribution in [2.24, 2.45) is 5.73 Å². The van der Waals surface area contributed by atoms with Crippen molar-refractivity contribution in [1.29, 1.82) is 0 Å². The van der Waals surface area contributed by atoms with Crippen LogP contribution in [0.4, 0.5) is 0 Å². The zero-order chi connectivity index (χ0) is 13.8. The topological polar surface area (TPSA) is 75.8 Å². The van der Waals surface area contributed by atoms with Gasteiger partial charge in [0, 0.05) is 12.6 Å². The molecule has 1 aliphatic rings. The maximum Gasteiger partial charge on any atom is 0.257 e. The van der Waals surface area contributed by atoms with Crippen molar-refractivity contribution >= 4 is 5.91 Å². The van der Waals surface area contributed by atoms with Crippen LogP contribution in [0.25, 0.3) is 0 Å². The predicted octanol–water partition coefficient (Wildman–Crippen LogP) is 1.35. The number of hydrogen-bond acceptors (Lipinski definition) is 4. The number of carbonyl (C=O) groups excluding carboxylic acids is 1. The molecule has 0 saturated heterocycles. The third kappa shape index (κ3) is 3.17. The second kappa shape index (κ2) is 5.93. The van der Waals surface area contributed by atoms with E-state index in [2.05, 4.69) is 0 Å². The van der Waals surface area contributed by atoms with Crippen LogP contribution in [-0.2, 0) is 0 Å². The molecule has 3 N–H and O–H groups in total. The Labute approximate surface area is 113 Å². The minimum Gasteiger partial charge on any atom is -0.507 e. The van der Waals surface area contributed by atoms with E-state index in [9.17, 15) is 9.90 Å². The zero-order valence-electron chi connectivity index (χ0n) is 11.1. The molecule has 1 fully saturated rings. The van der Waals surface area contributed by atoms with E-state index in [-0.39, 0.29) is 11.7 Å². The molecule has 0 unspecified atom stereocenters. The van der Waals surface area contributed by atoms with Gasteiger partial charge in [0.1, 0.15) is 11.5 Å². The highest BCUT2D eigenvalue weighted by Crippen LogP contribution is 2.31. The summed E-state index contributed by atoms with van der Waals surface area (Å²) in [6, 6.07) is 4.99. The smallest absolute Gasteiger partial charge is 0.257 e. The molecule has 19 heavy (non-hydrogen) atoms. The van der Waals surface area contributed by atoms with Gasteiger partial charge in [0.25, 0.3) is 5.91 Å². The number of rotatable bonds is 6. The van der Waals surface area contributed by atoms with Gasteiger partial charge in [-0.1, -0.05) is 0 Å². The molecule has 0 aromatic heterocycles. The summed E-state index contributed by atoms with van der Waals surface area (Å²) in [7, 11) is 1.54. The first-order valence-corrected chi connectivity index (χ1v) is 6.55. The number of nitrogens with zero attached hydrogens (tertiary/aromatic N) is 1. The first kappa shape index (κ1) is 13.7. The van der Waals surface area contributed by atoms with Crippen LogP contribution in [0.2, 0.25) is 0 Å². The Kier molecular flexibility index (Phi) is 4.27. The van der Waals surface area contributed by atoms with Crippen LogP contribution < -0.4 is 10.5 Å². The fourth-order valence-electron chi connectivity index (χ4n) is 2.07. The second-order valence-electron chi connectivity index (χ2n) is 4.76. The molecule has 1 amide bonds. The van der Waals surface area contributed by atoms with E-state index in [1.807, 2.05) is 0 Å². The highest BCUT2D eigenvalue weighted by molar-refractivity contribution is 5.97. The van der Waals surface area contributed by atoms with Crippen LogP contribution in [0.3, 0.4) is 0 Å². The van der Waals surface area contributed by atoms with Crippen LogP contribution >= 0.6 is 0 Å². The van der Waals surface area contributed by atoms with E-state index >= 15 is 0 Å². The molecule has 1 aromatic carbocycles. The summed E-state index contributed by atoms with van der Waals surface area (Å²) in [5.41, 5.74) is 5.80. The number of aromatic hydroxyl groups is 1. The first-order chi connectivity index (χ1) is 9.17. The maximum absolute atomic E-state index is 12.5. The Morgan fingerprint density at radius 1 is 1.53 bits per heavy atom. The summed E-state index contributed by atoms with van der Waals surface area (Å²) in [6.07, 6.45) is 2.83. The van der Waals surface area contributed by atoms with Gasteiger partial charge in [-0.05, 0) is 44.0 Å². The van der Waals surface area contributed by atoms with Crippen LogP contribution in [0.1, 0.15) is 29.6 Å². The number of phenolic OH excluding ortho intramolecular Hbond substituents is 1. The highest BCUT2D eigenvalue weighted by atomic mass is 16.5. The lowest BCUT2D eigenvalue weighted by atomic mass is 10.1. The highest BCUT2D eigenvalue weighted by Gasteiger charge is 2.33. The molecule has 1 aromatic rings. The lowest BCUT2D eigenvalue weighted by molar-refractivity contribution is 0.0738. The average Bonchev–Trinajstić information content (AvgIpc) is 3.24. The molecule has 104 valence electrons. The normalized spacial score (nSPS) is 14.2. The van der Waals surface area contributed by atoms with Crippen molar-refractivity contribution in [3.05, 3.63) is 23.8 Å². The monoisotopic (exact) mass is 264 g/mol. The minimum atomic E-state index is -0.146. The van der Waals surface area contributed by atoms with Crippen molar-refractivity contribution in [3.63, 3.8) is 0 Å². The molecule has 5 nitrogen and oxygen atoms in total. The van der Waals surface area contributed by atoms with Gasteiger partial charge in [-0.2, -0.15) is 0 Å². The number of methoxy groups -OCH3 is 1. The van der Waals surface area contributed by atoms with Crippen molar-refractivity contribution in [2.75, 3.05) is 20.2 Å². The minimum absolute atomic E-state index is 0.0100. The maximum atomic E-state index is 12.5. The van der Waals surface area contributed by atoms with Crippen molar-refractivity contribution in [3.8, 4) is 11.5 Å². The van der Waals surface area contributed by atoms with Gasteiger partial charge in [0.15, 0.2) is 0 Å². The fraction of sp³-hybridized carbons (Fsp3) is 0.500. The number of benzene rings is 1. The van der Waals surface area contributed by atoms with E-state index in [4.69, 9.17) is 10.5 Å². The second-order valence-corrected chi connectivity index (χ2v) is 4.76. The van der Waals surface area contributed by atoms with Crippen molar-refractivity contribution in [2.45, 2.75) is 25.3 Å². The fourth-order valence-corrected chi connectivity index (χ4v) is 2.07. The third-order valence-corrected chi connectivity index (χ3v) is 3.29. The van der Waals surface area contributed by atoms with Gasteiger partial charge in [0.2, 0.25) is 0 Å². The average molecular weight is 264 g/mol. The van der Waals surface area contributed by atoms with Gasteiger partial charge in [-0.15, -0.1) is 0 Å². The number of nitrogens with two attached hydrogens (primary N) is 1. The number of ether oxygens (including phenoxy) is 1. The summed E-state index contributed by atoms with van der Waals surface area (Å²) < 4.78 is 5.10. The lowest BCUT2D eigenvalue weighted by Gasteiger charge is -2.22. The molecule has 0 bridgehead atoms. The van der Waals surface area contributed by atoms with Crippen LogP contribution in [-0.4, -0.2) is 42.2 Å². The van der Waals surface area contributed by atoms with E-state index in [0.717, 1.165) is 19.3 Å². The Bertz CT molecular complexity index is 458. The van der Waals surface area contributed by atoms with E-state index in [0.29, 0.717) is 30.4 Å². The Hall–Kier alpha value is -1.75. The molecule has 1 saturated carbocycles. The van der Waals surface area contributed by atoms with Crippen molar-refractivity contribution in [1.82, 2.24) is 4.90 Å². The Morgan fingerprint density at radius 2 is 2.26 bits per heavy atom. The van der Waals surface area contributed by atoms with Gasteiger partial charge in [-0.3, -0.25) is 4.79 Å². The van der Waals surface area contributed by atoms with Gasteiger partial charge < -0.3 is 20.5 Å². The molecule has 0 aliphatic heterocycles. The summed E-state index contributed by atoms with van der Waals surface area (Å²) in [5.74, 6) is 0.410. The molecule has 0 atom stereocenters. The molecule has 0 radical (unpaired) electrons. The summed E-state index contributed by atoms with van der Waals surface area (Å²) in [6.45, 7) is 1.19. The van der Waals surface area contributed by atoms with E-state index in [1.165, 1.54) is 13.2 Å². The van der Waals surface area contributed by atoms with E-state index < -0.39 is 0 Å². The van der Waals surface area contributed by atoms with E-state index in [1.54, 1.807) is 17.0 Å². The summed E-state index contributed by atoms with van der Waals surface area (Å²) in [4.78, 5) is 14.3. The molecule has 0 spiro atoms. The zero-order valence-corrected chi connectivity index (χ0v) is 11.1. The number of amides is 1. The van der Waals surface area contributed by atoms with Crippen LogP contribution in [0.15, 0.2) is 18.2 Å². The van der Waals surface area contributed by atoms with Crippen molar-refractivity contribution < 1.29 is 14.6 Å². The lowest BCUT2D eigenvalue weighted by Crippen LogP contribution is -2.35. The number of phenols is 1. The number of carbonyl (C=O) groups is 1. The van der Waals surface area contributed by atoms with Gasteiger partial charge in [-0.25, -0.2) is 0 Å². The molecule has 0 heterocycles. The predicted molar refractivity (Wildman–Crippen MR) is 72.4 cm³/mol. The molecular formula is C14H20N2O3. The Morgan fingerprint density at radius 3 is 2.84 bits per heavy atom.